The van der Waals surface area contributed by atoms with E-state index >= 15 is 0 Å². The fraction of sp³-hybridized carbons (Fsp3) is 0.278. The van der Waals surface area contributed by atoms with Crippen LogP contribution in [0.3, 0.4) is 0 Å². The van der Waals surface area contributed by atoms with Gasteiger partial charge in [-0.15, -0.1) is 0 Å². The monoisotopic (exact) mass is 378 g/mol. The maximum Gasteiger partial charge on any atom is 0.338 e. The Kier molecular flexibility index (Phi) is 5.36. The average Bonchev–Trinajstić information content (AvgIpc) is 3.07. The number of esters is 1. The molecule has 1 aliphatic heterocycles. The summed E-state index contributed by atoms with van der Waals surface area (Å²) in [4.78, 5) is 11.4. The Labute approximate surface area is 151 Å². The van der Waals surface area contributed by atoms with Crippen molar-refractivity contribution in [3.63, 3.8) is 0 Å². The van der Waals surface area contributed by atoms with Crippen LogP contribution >= 0.6 is 0 Å². The molecule has 0 saturated heterocycles. The molecule has 6 nitrogen and oxygen atoms in total. The normalized spacial score (nSPS) is 13.5. The summed E-state index contributed by atoms with van der Waals surface area (Å²) >= 11 is 0. The highest BCUT2D eigenvalue weighted by molar-refractivity contribution is 7.89. The van der Waals surface area contributed by atoms with E-state index in [4.69, 9.17) is 4.74 Å². The predicted octanol–water partition coefficient (Wildman–Crippen LogP) is 2.08. The zero-order valence-electron chi connectivity index (χ0n) is 14.2. The van der Waals surface area contributed by atoms with Crippen LogP contribution < -0.4 is 10.0 Å². The van der Waals surface area contributed by atoms with E-state index in [0.717, 1.165) is 42.4 Å². The van der Waals surface area contributed by atoms with E-state index in [1.165, 1.54) is 5.56 Å². The summed E-state index contributed by atoms with van der Waals surface area (Å²) in [5.41, 5.74) is 2.99. The number of carbonyl (C=O) groups excluding carboxylic acids is 1. The van der Waals surface area contributed by atoms with Crippen molar-refractivity contribution >= 4 is 16.0 Å². The molecular formula is C18H19FN2O4S. The Bertz CT molecular complexity index is 944. The summed E-state index contributed by atoms with van der Waals surface area (Å²) in [6.07, 6.45) is 0. The minimum absolute atomic E-state index is 0.0703. The molecule has 8 heteroatoms. The molecule has 138 valence electrons. The molecule has 0 amide bonds. The molecule has 0 bridgehead atoms. The van der Waals surface area contributed by atoms with Gasteiger partial charge < -0.3 is 10.1 Å². The first-order chi connectivity index (χ1) is 12.4. The van der Waals surface area contributed by atoms with Crippen molar-refractivity contribution < 1.29 is 22.3 Å². The average molecular weight is 378 g/mol. The molecular weight excluding hydrogens is 359 g/mol. The van der Waals surface area contributed by atoms with Gasteiger partial charge in [-0.05, 0) is 41.8 Å². The first-order valence-corrected chi connectivity index (χ1v) is 9.66. The van der Waals surface area contributed by atoms with Gasteiger partial charge in [-0.3, -0.25) is 0 Å². The number of fused-ring (bicyclic) bond motifs is 1. The number of sulfonamides is 1. The molecule has 2 aromatic rings. The van der Waals surface area contributed by atoms with Gasteiger partial charge in [-0.2, -0.15) is 0 Å². The molecule has 0 aliphatic carbocycles. The van der Waals surface area contributed by atoms with Crippen LogP contribution in [0.25, 0.3) is 0 Å². The lowest BCUT2D eigenvalue weighted by atomic mass is 10.1. The lowest BCUT2D eigenvalue weighted by Gasteiger charge is -2.10. The van der Waals surface area contributed by atoms with Crippen molar-refractivity contribution in [1.82, 2.24) is 10.0 Å². The number of nitrogens with one attached hydrogen (secondary N) is 2. The molecule has 0 radical (unpaired) electrons. The third kappa shape index (κ3) is 4.09. The third-order valence-electron chi connectivity index (χ3n) is 4.06. The van der Waals surface area contributed by atoms with Gasteiger partial charge in [-0.1, -0.05) is 18.2 Å². The second-order valence-corrected chi connectivity index (χ2v) is 7.69. The Hall–Kier alpha value is -2.29. The van der Waals surface area contributed by atoms with Crippen LogP contribution in [-0.4, -0.2) is 21.0 Å². The molecule has 0 fully saturated rings. The fourth-order valence-electron chi connectivity index (χ4n) is 2.77. The molecule has 0 atom stereocenters. The van der Waals surface area contributed by atoms with Gasteiger partial charge in [0.25, 0.3) is 0 Å². The number of halogens is 1. The Balaban J connectivity index is 1.78. The van der Waals surface area contributed by atoms with Crippen molar-refractivity contribution in [2.24, 2.45) is 0 Å². The van der Waals surface area contributed by atoms with Gasteiger partial charge in [0.2, 0.25) is 10.0 Å². The number of ether oxygens (including phenoxy) is 1. The highest BCUT2D eigenvalue weighted by Crippen LogP contribution is 2.19. The number of rotatable bonds is 6. The zero-order chi connectivity index (χ0) is 18.7. The lowest BCUT2D eigenvalue weighted by Crippen LogP contribution is -2.24. The quantitative estimate of drug-likeness (QED) is 0.752. The van der Waals surface area contributed by atoms with E-state index in [9.17, 15) is 17.6 Å². The summed E-state index contributed by atoms with van der Waals surface area (Å²) in [5, 5.41) is 3.22. The largest absolute Gasteiger partial charge is 0.462 e. The van der Waals surface area contributed by atoms with Crippen molar-refractivity contribution in [3.8, 4) is 0 Å². The number of benzene rings is 2. The maximum atomic E-state index is 13.8. The van der Waals surface area contributed by atoms with Gasteiger partial charge in [0.05, 0.1) is 17.1 Å². The van der Waals surface area contributed by atoms with Crippen LogP contribution in [0, 0.1) is 5.82 Å². The maximum absolute atomic E-state index is 13.8. The summed E-state index contributed by atoms with van der Waals surface area (Å²) in [7, 11) is -3.98. The topological polar surface area (TPSA) is 84.5 Å². The van der Waals surface area contributed by atoms with E-state index in [2.05, 4.69) is 10.0 Å². The van der Waals surface area contributed by atoms with Crippen molar-refractivity contribution in [1.29, 1.82) is 0 Å². The van der Waals surface area contributed by atoms with Crippen molar-refractivity contribution in [3.05, 3.63) is 64.5 Å². The standard InChI is InChI=1S/C18H19FN2O4S/c1-2-25-18(22)14-6-16(19)8-17(7-14)26(23,24)21-9-12-3-4-13-10-20-11-15(13)5-12/h3-8,20-21H,2,9-11H2,1H3. The van der Waals surface area contributed by atoms with Crippen LogP contribution in [0.2, 0.25) is 0 Å². The van der Waals surface area contributed by atoms with E-state index < -0.39 is 21.8 Å². The first-order valence-electron chi connectivity index (χ1n) is 8.18. The summed E-state index contributed by atoms with van der Waals surface area (Å²) in [5.74, 6) is -1.59. The van der Waals surface area contributed by atoms with Gasteiger partial charge in [-0.25, -0.2) is 22.3 Å². The van der Waals surface area contributed by atoms with Crippen LogP contribution in [0.4, 0.5) is 4.39 Å². The van der Waals surface area contributed by atoms with Gasteiger partial charge in [0.1, 0.15) is 5.82 Å². The van der Waals surface area contributed by atoms with E-state index in [1.54, 1.807) is 6.92 Å². The highest BCUT2D eigenvalue weighted by atomic mass is 32.2. The number of hydrogen-bond acceptors (Lipinski definition) is 5. The second kappa shape index (κ2) is 7.53. The number of carbonyl (C=O) groups is 1. The Morgan fingerprint density at radius 1 is 1.19 bits per heavy atom. The molecule has 0 aromatic heterocycles. The van der Waals surface area contributed by atoms with E-state index in [0.29, 0.717) is 0 Å². The number of hydrogen-bond donors (Lipinski definition) is 2. The van der Waals surface area contributed by atoms with Gasteiger partial charge >= 0.3 is 5.97 Å². The van der Waals surface area contributed by atoms with Crippen LogP contribution in [0.15, 0.2) is 41.3 Å². The Morgan fingerprint density at radius 2 is 1.96 bits per heavy atom. The molecule has 2 N–H and O–H groups in total. The highest BCUT2D eigenvalue weighted by Gasteiger charge is 2.19. The summed E-state index contributed by atoms with van der Waals surface area (Å²) in [6, 6.07) is 8.68. The predicted molar refractivity (Wildman–Crippen MR) is 93.4 cm³/mol. The molecule has 1 aliphatic rings. The summed E-state index contributed by atoms with van der Waals surface area (Å²) < 4.78 is 46.0. The first kappa shape index (κ1) is 18.5. The van der Waals surface area contributed by atoms with Crippen molar-refractivity contribution in [2.75, 3.05) is 6.61 Å². The van der Waals surface area contributed by atoms with E-state index in [1.807, 2.05) is 18.2 Å². The minimum atomic E-state index is -3.98. The molecule has 0 saturated carbocycles. The lowest BCUT2D eigenvalue weighted by molar-refractivity contribution is 0.0525. The molecule has 26 heavy (non-hydrogen) atoms. The second-order valence-electron chi connectivity index (χ2n) is 5.93. The fourth-order valence-corrected chi connectivity index (χ4v) is 3.84. The molecule has 3 rings (SSSR count). The van der Waals surface area contributed by atoms with E-state index in [-0.39, 0.29) is 23.6 Å². The van der Waals surface area contributed by atoms with Gasteiger partial charge in [0.15, 0.2) is 0 Å². The zero-order valence-corrected chi connectivity index (χ0v) is 15.0. The molecule has 0 unspecified atom stereocenters. The molecule has 1 heterocycles. The Morgan fingerprint density at radius 3 is 2.73 bits per heavy atom. The smallest absolute Gasteiger partial charge is 0.338 e. The third-order valence-corrected chi connectivity index (χ3v) is 5.44. The van der Waals surface area contributed by atoms with Crippen LogP contribution in [0.1, 0.15) is 34.0 Å². The van der Waals surface area contributed by atoms with Gasteiger partial charge in [0, 0.05) is 19.6 Å². The van der Waals surface area contributed by atoms with Crippen LogP contribution in [0.5, 0.6) is 0 Å². The minimum Gasteiger partial charge on any atom is -0.462 e. The van der Waals surface area contributed by atoms with Crippen molar-refractivity contribution in [2.45, 2.75) is 31.5 Å². The molecule has 2 aromatic carbocycles. The summed E-state index contributed by atoms with van der Waals surface area (Å²) in [6.45, 7) is 3.36. The SMILES string of the molecule is CCOC(=O)c1cc(F)cc(S(=O)(=O)NCc2ccc3c(c2)CNC3)c1. The van der Waals surface area contributed by atoms with Crippen LogP contribution in [-0.2, 0) is 34.4 Å². The molecule has 0 spiro atoms.